The van der Waals surface area contributed by atoms with Crippen LogP contribution in [0, 0.1) is 0 Å². The minimum absolute atomic E-state index is 0.192. The normalized spacial score (nSPS) is 18.8. The first kappa shape index (κ1) is 15.3. The lowest BCUT2D eigenvalue weighted by molar-refractivity contribution is 0.0290. The Kier molecular flexibility index (Phi) is 5.25. The summed E-state index contributed by atoms with van der Waals surface area (Å²) in [6.07, 6.45) is 1.72. The van der Waals surface area contributed by atoms with E-state index in [1.54, 1.807) is 15.8 Å². The third kappa shape index (κ3) is 3.49. The molecule has 0 aliphatic carbocycles. The number of nitrogens with zero attached hydrogens (tertiary/aromatic N) is 1. The standard InChI is InChI=1S/C12H18ClNO3S2/c1-2-17-10-3-5-14(6-4-10)19(15,16)12-7-11(8-13)18-9-12/h7,9-10H,2-6,8H2,1H3. The van der Waals surface area contributed by atoms with E-state index in [0.717, 1.165) is 17.7 Å². The van der Waals surface area contributed by atoms with Gasteiger partial charge in [0.05, 0.1) is 16.9 Å². The summed E-state index contributed by atoms with van der Waals surface area (Å²) >= 11 is 7.10. The van der Waals surface area contributed by atoms with E-state index in [0.29, 0.717) is 30.5 Å². The molecular formula is C12H18ClNO3S2. The number of hydrogen-bond donors (Lipinski definition) is 0. The number of piperidine rings is 1. The summed E-state index contributed by atoms with van der Waals surface area (Å²) in [6, 6.07) is 1.67. The van der Waals surface area contributed by atoms with Crippen LogP contribution in [0.5, 0.6) is 0 Å². The van der Waals surface area contributed by atoms with Gasteiger partial charge in [0.2, 0.25) is 10.0 Å². The molecule has 1 fully saturated rings. The van der Waals surface area contributed by atoms with E-state index in [2.05, 4.69) is 0 Å². The van der Waals surface area contributed by atoms with Crippen LogP contribution in [-0.4, -0.2) is 38.5 Å². The number of halogens is 1. The fourth-order valence-corrected chi connectivity index (χ4v) is 5.04. The fraction of sp³-hybridized carbons (Fsp3) is 0.667. The van der Waals surface area contributed by atoms with Gasteiger partial charge in [0.25, 0.3) is 0 Å². The largest absolute Gasteiger partial charge is 0.378 e. The molecule has 1 aliphatic rings. The number of ether oxygens (including phenoxy) is 1. The van der Waals surface area contributed by atoms with Crippen LogP contribution in [0.1, 0.15) is 24.6 Å². The molecule has 2 rings (SSSR count). The Morgan fingerprint density at radius 1 is 1.47 bits per heavy atom. The van der Waals surface area contributed by atoms with Crippen molar-refractivity contribution in [3.05, 3.63) is 16.3 Å². The SMILES string of the molecule is CCOC1CCN(S(=O)(=O)c2csc(CCl)c2)CC1. The number of hydrogen-bond acceptors (Lipinski definition) is 4. The van der Waals surface area contributed by atoms with Crippen LogP contribution in [0.25, 0.3) is 0 Å². The van der Waals surface area contributed by atoms with Crippen LogP contribution in [0.3, 0.4) is 0 Å². The van der Waals surface area contributed by atoms with Gasteiger partial charge in [-0.05, 0) is 25.8 Å². The van der Waals surface area contributed by atoms with Crippen LogP contribution < -0.4 is 0 Å². The molecule has 0 unspecified atom stereocenters. The van der Waals surface area contributed by atoms with Crippen LogP contribution in [0.15, 0.2) is 16.3 Å². The lowest BCUT2D eigenvalue weighted by Crippen LogP contribution is -2.40. The van der Waals surface area contributed by atoms with Crippen molar-refractivity contribution in [3.63, 3.8) is 0 Å². The molecule has 1 aromatic rings. The molecular weight excluding hydrogens is 306 g/mol. The van der Waals surface area contributed by atoms with E-state index >= 15 is 0 Å². The van der Waals surface area contributed by atoms with Crippen LogP contribution in [0.2, 0.25) is 0 Å². The second kappa shape index (κ2) is 6.54. The Hall–Kier alpha value is -0.140. The van der Waals surface area contributed by atoms with Gasteiger partial charge in [0, 0.05) is 30.0 Å². The smallest absolute Gasteiger partial charge is 0.243 e. The van der Waals surface area contributed by atoms with Gasteiger partial charge in [0.15, 0.2) is 0 Å². The maximum Gasteiger partial charge on any atom is 0.243 e. The summed E-state index contributed by atoms with van der Waals surface area (Å²) < 4.78 is 31.9. The molecule has 0 amide bonds. The van der Waals surface area contributed by atoms with Crippen molar-refractivity contribution in [1.29, 1.82) is 0 Å². The van der Waals surface area contributed by atoms with Crippen molar-refractivity contribution in [2.45, 2.75) is 36.6 Å². The highest BCUT2D eigenvalue weighted by molar-refractivity contribution is 7.89. The Labute approximate surface area is 123 Å². The Balaban J connectivity index is 2.05. The zero-order valence-corrected chi connectivity index (χ0v) is 13.2. The molecule has 0 radical (unpaired) electrons. The quantitative estimate of drug-likeness (QED) is 0.783. The second-order valence-corrected chi connectivity index (χ2v) is 7.64. The van der Waals surface area contributed by atoms with E-state index in [9.17, 15) is 8.42 Å². The van der Waals surface area contributed by atoms with Crippen molar-refractivity contribution >= 4 is 33.0 Å². The number of rotatable bonds is 5. The fourth-order valence-electron chi connectivity index (χ4n) is 2.19. The van der Waals surface area contributed by atoms with E-state index in [4.69, 9.17) is 16.3 Å². The molecule has 0 bridgehead atoms. The van der Waals surface area contributed by atoms with Crippen molar-refractivity contribution in [3.8, 4) is 0 Å². The predicted octanol–water partition coefficient (Wildman–Crippen LogP) is 2.68. The number of thiophene rings is 1. The molecule has 19 heavy (non-hydrogen) atoms. The van der Waals surface area contributed by atoms with Crippen molar-refractivity contribution in [1.82, 2.24) is 4.31 Å². The molecule has 0 spiro atoms. The molecule has 0 saturated carbocycles. The maximum atomic E-state index is 12.4. The Bertz CT molecular complexity index is 507. The zero-order chi connectivity index (χ0) is 13.9. The zero-order valence-electron chi connectivity index (χ0n) is 10.8. The predicted molar refractivity (Wildman–Crippen MR) is 77.3 cm³/mol. The van der Waals surface area contributed by atoms with Crippen molar-refractivity contribution in [2.75, 3.05) is 19.7 Å². The van der Waals surface area contributed by atoms with Gasteiger partial charge in [-0.25, -0.2) is 8.42 Å². The first-order chi connectivity index (χ1) is 9.07. The van der Waals surface area contributed by atoms with Crippen LogP contribution in [0.4, 0.5) is 0 Å². The topological polar surface area (TPSA) is 46.6 Å². The maximum absolute atomic E-state index is 12.4. The molecule has 0 N–H and O–H groups in total. The van der Waals surface area contributed by atoms with Crippen molar-refractivity contribution < 1.29 is 13.2 Å². The Morgan fingerprint density at radius 2 is 2.16 bits per heavy atom. The van der Waals surface area contributed by atoms with E-state index in [1.165, 1.54) is 11.3 Å². The van der Waals surface area contributed by atoms with Gasteiger partial charge in [-0.3, -0.25) is 0 Å². The van der Waals surface area contributed by atoms with Crippen molar-refractivity contribution in [2.24, 2.45) is 0 Å². The summed E-state index contributed by atoms with van der Waals surface area (Å²) in [4.78, 5) is 1.24. The second-order valence-electron chi connectivity index (χ2n) is 4.44. The minimum atomic E-state index is -3.36. The summed E-state index contributed by atoms with van der Waals surface area (Å²) in [5.41, 5.74) is 0. The molecule has 1 saturated heterocycles. The molecule has 0 aromatic carbocycles. The molecule has 7 heteroatoms. The minimum Gasteiger partial charge on any atom is -0.378 e. The van der Waals surface area contributed by atoms with Gasteiger partial charge in [-0.2, -0.15) is 4.31 Å². The average molecular weight is 324 g/mol. The molecule has 0 atom stereocenters. The average Bonchev–Trinajstić information content (AvgIpc) is 2.89. The molecule has 108 valence electrons. The van der Waals surface area contributed by atoms with Gasteiger partial charge in [0.1, 0.15) is 0 Å². The van der Waals surface area contributed by atoms with Gasteiger partial charge in [-0.15, -0.1) is 22.9 Å². The third-order valence-corrected chi connectivity index (χ3v) is 6.61. The van der Waals surface area contributed by atoms with Crippen LogP contribution in [-0.2, 0) is 20.6 Å². The Morgan fingerprint density at radius 3 is 2.68 bits per heavy atom. The summed E-state index contributed by atoms with van der Waals surface area (Å²) in [5.74, 6) is 0.354. The summed E-state index contributed by atoms with van der Waals surface area (Å²) in [6.45, 7) is 3.70. The third-order valence-electron chi connectivity index (χ3n) is 3.20. The van der Waals surface area contributed by atoms with E-state index < -0.39 is 10.0 Å². The lowest BCUT2D eigenvalue weighted by atomic mass is 10.1. The van der Waals surface area contributed by atoms with E-state index in [-0.39, 0.29) is 6.10 Å². The lowest BCUT2D eigenvalue weighted by Gasteiger charge is -2.30. The first-order valence-electron chi connectivity index (χ1n) is 6.33. The molecule has 1 aliphatic heterocycles. The van der Waals surface area contributed by atoms with E-state index in [1.807, 2.05) is 6.92 Å². The van der Waals surface area contributed by atoms with Crippen LogP contribution >= 0.6 is 22.9 Å². The van der Waals surface area contributed by atoms with Gasteiger partial charge >= 0.3 is 0 Å². The highest BCUT2D eigenvalue weighted by atomic mass is 35.5. The molecule has 4 nitrogen and oxygen atoms in total. The summed E-state index contributed by atoms with van der Waals surface area (Å²) in [7, 11) is -3.36. The monoisotopic (exact) mass is 323 g/mol. The highest BCUT2D eigenvalue weighted by Crippen LogP contribution is 2.26. The molecule has 2 heterocycles. The summed E-state index contributed by atoms with van der Waals surface area (Å²) in [5, 5.41) is 1.67. The number of alkyl halides is 1. The number of sulfonamides is 1. The van der Waals surface area contributed by atoms with Gasteiger partial charge in [-0.1, -0.05) is 0 Å². The highest BCUT2D eigenvalue weighted by Gasteiger charge is 2.30. The first-order valence-corrected chi connectivity index (χ1v) is 9.18. The van der Waals surface area contributed by atoms with Gasteiger partial charge < -0.3 is 4.74 Å². The molecule has 1 aromatic heterocycles.